The van der Waals surface area contributed by atoms with Gasteiger partial charge in [0.25, 0.3) is 0 Å². The van der Waals surface area contributed by atoms with Crippen molar-refractivity contribution in [2.45, 2.75) is 26.7 Å². The smallest absolute Gasteiger partial charge is 0.161 e. The molecule has 1 unspecified atom stereocenters. The van der Waals surface area contributed by atoms with Crippen LogP contribution in [0, 0.1) is 11.8 Å². The van der Waals surface area contributed by atoms with Crippen LogP contribution in [0.4, 0.5) is 0 Å². The van der Waals surface area contributed by atoms with Crippen molar-refractivity contribution in [3.05, 3.63) is 12.2 Å². The van der Waals surface area contributed by atoms with Gasteiger partial charge in [0.15, 0.2) is 5.78 Å². The number of ketones is 1. The molecule has 0 aromatic heterocycles. The zero-order chi connectivity index (χ0) is 7.72. The molecule has 1 nitrogen and oxygen atoms in total. The van der Waals surface area contributed by atoms with Gasteiger partial charge in [0, 0.05) is 5.92 Å². The van der Waals surface area contributed by atoms with Crippen LogP contribution in [0.25, 0.3) is 0 Å². The molecule has 10 heavy (non-hydrogen) atoms. The van der Waals surface area contributed by atoms with E-state index in [-0.39, 0.29) is 5.92 Å². The maximum Gasteiger partial charge on any atom is 0.161 e. The van der Waals surface area contributed by atoms with E-state index in [9.17, 15) is 4.79 Å². The van der Waals surface area contributed by atoms with Crippen LogP contribution in [0.15, 0.2) is 12.2 Å². The summed E-state index contributed by atoms with van der Waals surface area (Å²) < 4.78 is 0. The van der Waals surface area contributed by atoms with Crippen LogP contribution in [0.3, 0.4) is 0 Å². The second kappa shape index (κ2) is 2.57. The Morgan fingerprint density at radius 3 is 2.40 bits per heavy atom. The van der Waals surface area contributed by atoms with Gasteiger partial charge in [-0.05, 0) is 24.3 Å². The Hall–Kier alpha value is -0.590. The summed E-state index contributed by atoms with van der Waals surface area (Å²) in [5.74, 6) is 1.06. The molecule has 0 heterocycles. The summed E-state index contributed by atoms with van der Waals surface area (Å²) in [5.41, 5.74) is 0.832. The van der Waals surface area contributed by atoms with Gasteiger partial charge in [0.2, 0.25) is 0 Å². The molecular weight excluding hydrogens is 124 g/mol. The third kappa shape index (κ3) is 1.13. The maximum atomic E-state index is 11.2. The first-order chi connectivity index (χ1) is 4.63. The largest absolute Gasteiger partial charge is 0.294 e. The highest BCUT2D eigenvalue weighted by Gasteiger charge is 2.29. The first-order valence-electron chi connectivity index (χ1n) is 3.85. The Bertz CT molecular complexity index is 168. The SMILES string of the molecule is C=C1CCC(C(C)C)C1=O. The van der Waals surface area contributed by atoms with E-state index in [1.165, 1.54) is 0 Å². The molecular formula is C9H14O. The molecule has 1 aliphatic rings. The van der Waals surface area contributed by atoms with E-state index >= 15 is 0 Å². The van der Waals surface area contributed by atoms with Gasteiger partial charge in [0.05, 0.1) is 0 Å². The fourth-order valence-corrected chi connectivity index (χ4v) is 1.48. The van der Waals surface area contributed by atoms with Gasteiger partial charge in [-0.1, -0.05) is 20.4 Å². The number of carbonyl (C=O) groups is 1. The van der Waals surface area contributed by atoms with Gasteiger partial charge in [-0.3, -0.25) is 4.79 Å². The lowest BCUT2D eigenvalue weighted by atomic mass is 9.93. The third-order valence-electron chi connectivity index (χ3n) is 2.25. The number of rotatable bonds is 1. The molecule has 1 heteroatoms. The molecule has 0 spiro atoms. The molecule has 1 atom stereocenters. The van der Waals surface area contributed by atoms with Crippen molar-refractivity contribution in [1.29, 1.82) is 0 Å². The first-order valence-corrected chi connectivity index (χ1v) is 3.85. The summed E-state index contributed by atoms with van der Waals surface area (Å²) in [7, 11) is 0. The summed E-state index contributed by atoms with van der Waals surface area (Å²) in [4.78, 5) is 11.2. The number of hydrogen-bond acceptors (Lipinski definition) is 1. The standard InChI is InChI=1S/C9H14O/c1-6(2)8-5-4-7(3)9(8)10/h6,8H,3-5H2,1-2H3. The molecule has 0 bridgehead atoms. The van der Waals surface area contributed by atoms with Crippen LogP contribution in [0.5, 0.6) is 0 Å². The van der Waals surface area contributed by atoms with Crippen LogP contribution in [0.1, 0.15) is 26.7 Å². The second-order valence-electron chi connectivity index (χ2n) is 3.36. The Morgan fingerprint density at radius 1 is 1.60 bits per heavy atom. The van der Waals surface area contributed by atoms with Crippen molar-refractivity contribution >= 4 is 5.78 Å². The summed E-state index contributed by atoms with van der Waals surface area (Å²) in [6.07, 6.45) is 1.94. The third-order valence-corrected chi connectivity index (χ3v) is 2.25. The lowest BCUT2D eigenvalue weighted by molar-refractivity contribution is -0.118. The van der Waals surface area contributed by atoms with Crippen molar-refractivity contribution in [2.24, 2.45) is 11.8 Å². The molecule has 56 valence electrons. The van der Waals surface area contributed by atoms with Gasteiger partial charge >= 0.3 is 0 Å². The minimum Gasteiger partial charge on any atom is -0.294 e. The van der Waals surface area contributed by atoms with E-state index in [1.807, 2.05) is 0 Å². The number of allylic oxidation sites excluding steroid dienone is 1. The Labute approximate surface area is 62.1 Å². The highest BCUT2D eigenvalue weighted by molar-refractivity contribution is 5.98. The zero-order valence-electron chi connectivity index (χ0n) is 6.68. The van der Waals surface area contributed by atoms with Gasteiger partial charge in [-0.2, -0.15) is 0 Å². The molecule has 0 aromatic carbocycles. The van der Waals surface area contributed by atoms with Crippen molar-refractivity contribution in [2.75, 3.05) is 0 Å². The number of hydrogen-bond donors (Lipinski definition) is 0. The van der Waals surface area contributed by atoms with Gasteiger partial charge in [0.1, 0.15) is 0 Å². The normalized spacial score (nSPS) is 26.5. The highest BCUT2D eigenvalue weighted by atomic mass is 16.1. The maximum absolute atomic E-state index is 11.2. The predicted octanol–water partition coefficient (Wildman–Crippen LogP) is 2.18. The van der Waals surface area contributed by atoms with Crippen LogP contribution in [-0.2, 0) is 4.79 Å². The first kappa shape index (κ1) is 7.52. The minimum atomic E-state index is 0.271. The van der Waals surface area contributed by atoms with Crippen LogP contribution in [0.2, 0.25) is 0 Å². The molecule has 0 N–H and O–H groups in total. The van der Waals surface area contributed by atoms with E-state index in [4.69, 9.17) is 0 Å². The molecule has 0 radical (unpaired) electrons. The molecule has 1 fully saturated rings. The quantitative estimate of drug-likeness (QED) is 0.507. The Kier molecular flexibility index (Phi) is 1.93. The fourth-order valence-electron chi connectivity index (χ4n) is 1.48. The zero-order valence-corrected chi connectivity index (χ0v) is 6.68. The summed E-state index contributed by atoms with van der Waals surface area (Å²) in [6.45, 7) is 7.92. The molecule has 1 aliphatic carbocycles. The Morgan fingerprint density at radius 2 is 2.20 bits per heavy atom. The average molecular weight is 138 g/mol. The van der Waals surface area contributed by atoms with Gasteiger partial charge in [-0.25, -0.2) is 0 Å². The molecule has 1 rings (SSSR count). The topological polar surface area (TPSA) is 17.1 Å². The molecule has 0 aromatic rings. The lowest BCUT2D eigenvalue weighted by Crippen LogP contribution is -2.13. The van der Waals surface area contributed by atoms with Gasteiger partial charge < -0.3 is 0 Å². The number of Topliss-reactive ketones (excluding diaryl/α,β-unsaturated/α-hetero) is 1. The van der Waals surface area contributed by atoms with Crippen LogP contribution >= 0.6 is 0 Å². The van der Waals surface area contributed by atoms with E-state index in [1.54, 1.807) is 0 Å². The summed E-state index contributed by atoms with van der Waals surface area (Å²) >= 11 is 0. The van der Waals surface area contributed by atoms with Crippen LogP contribution < -0.4 is 0 Å². The highest BCUT2D eigenvalue weighted by Crippen LogP contribution is 2.30. The van der Waals surface area contributed by atoms with E-state index in [0.29, 0.717) is 11.7 Å². The average Bonchev–Trinajstić information content (AvgIpc) is 2.14. The monoisotopic (exact) mass is 138 g/mol. The molecule has 0 saturated heterocycles. The predicted molar refractivity (Wildman–Crippen MR) is 41.7 cm³/mol. The van der Waals surface area contributed by atoms with Crippen molar-refractivity contribution in [1.82, 2.24) is 0 Å². The molecule has 1 saturated carbocycles. The number of carbonyl (C=O) groups excluding carboxylic acids is 1. The van der Waals surface area contributed by atoms with Crippen molar-refractivity contribution in [3.8, 4) is 0 Å². The lowest BCUT2D eigenvalue weighted by Gasteiger charge is -2.10. The van der Waals surface area contributed by atoms with Crippen molar-refractivity contribution < 1.29 is 4.79 Å². The van der Waals surface area contributed by atoms with E-state index < -0.39 is 0 Å². The summed E-state index contributed by atoms with van der Waals surface area (Å²) in [5, 5.41) is 0. The Balaban J connectivity index is 2.66. The molecule has 0 amide bonds. The van der Waals surface area contributed by atoms with E-state index in [2.05, 4.69) is 20.4 Å². The van der Waals surface area contributed by atoms with E-state index in [0.717, 1.165) is 18.4 Å². The fraction of sp³-hybridized carbons (Fsp3) is 0.667. The second-order valence-corrected chi connectivity index (χ2v) is 3.36. The van der Waals surface area contributed by atoms with Crippen molar-refractivity contribution in [3.63, 3.8) is 0 Å². The van der Waals surface area contributed by atoms with Gasteiger partial charge in [-0.15, -0.1) is 0 Å². The molecule has 0 aliphatic heterocycles. The van der Waals surface area contributed by atoms with Crippen LogP contribution in [-0.4, -0.2) is 5.78 Å². The minimum absolute atomic E-state index is 0.271. The summed E-state index contributed by atoms with van der Waals surface area (Å²) in [6, 6.07) is 0.